The van der Waals surface area contributed by atoms with Gasteiger partial charge in [-0.1, -0.05) is 12.8 Å². The van der Waals surface area contributed by atoms with Crippen molar-refractivity contribution >= 4 is 11.8 Å². The summed E-state index contributed by atoms with van der Waals surface area (Å²) in [6.45, 7) is 3.67. The van der Waals surface area contributed by atoms with Gasteiger partial charge in [0.05, 0.1) is 6.54 Å². The average Bonchev–Trinajstić information content (AvgIpc) is 2.87. The van der Waals surface area contributed by atoms with E-state index >= 15 is 0 Å². The topological polar surface area (TPSA) is 52.7 Å². The molecule has 0 aromatic rings. The highest BCUT2D eigenvalue weighted by atomic mass is 16.2. The Labute approximate surface area is 121 Å². The van der Waals surface area contributed by atoms with Gasteiger partial charge in [-0.15, -0.1) is 0 Å². The monoisotopic (exact) mass is 281 g/mol. The van der Waals surface area contributed by atoms with Crippen LogP contribution in [0.25, 0.3) is 0 Å². The van der Waals surface area contributed by atoms with E-state index < -0.39 is 0 Å². The Morgan fingerprint density at radius 3 is 2.85 bits per heavy atom. The highest BCUT2D eigenvalue weighted by Crippen LogP contribution is 2.17. The van der Waals surface area contributed by atoms with E-state index in [4.69, 9.17) is 0 Å². The van der Waals surface area contributed by atoms with E-state index in [1.165, 1.54) is 6.42 Å². The summed E-state index contributed by atoms with van der Waals surface area (Å²) >= 11 is 0. The van der Waals surface area contributed by atoms with Gasteiger partial charge in [0.2, 0.25) is 11.8 Å². The summed E-state index contributed by atoms with van der Waals surface area (Å²) < 4.78 is 0. The molecule has 0 saturated carbocycles. The van der Waals surface area contributed by atoms with Gasteiger partial charge in [-0.2, -0.15) is 0 Å². The summed E-state index contributed by atoms with van der Waals surface area (Å²) in [5, 5.41) is 3.17. The molecule has 0 aromatic carbocycles. The number of carbonyl (C=O) groups is 2. The smallest absolute Gasteiger partial charge is 0.242 e. The van der Waals surface area contributed by atoms with Crippen LogP contribution in [-0.2, 0) is 9.59 Å². The molecule has 0 aromatic heterocycles. The van der Waals surface area contributed by atoms with Crippen molar-refractivity contribution in [2.45, 2.75) is 38.5 Å². The molecule has 2 rings (SSSR count). The number of rotatable bonds is 4. The first-order chi connectivity index (χ1) is 9.70. The molecule has 2 amide bonds. The zero-order valence-electron chi connectivity index (χ0n) is 12.6. The number of hydrogen-bond acceptors (Lipinski definition) is 3. The van der Waals surface area contributed by atoms with Gasteiger partial charge in [0.25, 0.3) is 0 Å². The van der Waals surface area contributed by atoms with Crippen molar-refractivity contribution in [3.8, 4) is 0 Å². The first kappa shape index (κ1) is 15.3. The highest BCUT2D eigenvalue weighted by molar-refractivity contribution is 5.85. The Hall–Kier alpha value is -1.10. The molecule has 5 nitrogen and oxygen atoms in total. The van der Waals surface area contributed by atoms with Crippen LogP contribution in [0.3, 0.4) is 0 Å². The van der Waals surface area contributed by atoms with Crippen LogP contribution in [-0.4, -0.2) is 61.4 Å². The maximum Gasteiger partial charge on any atom is 0.242 e. The molecule has 5 heteroatoms. The van der Waals surface area contributed by atoms with Crippen molar-refractivity contribution < 1.29 is 9.59 Å². The SMILES string of the molecule is CNC[C@H]1CCN(C(=O)CN2CCCCCCC2=O)C1. The third-order valence-electron chi connectivity index (χ3n) is 4.38. The van der Waals surface area contributed by atoms with Crippen LogP contribution >= 0.6 is 0 Å². The van der Waals surface area contributed by atoms with Gasteiger partial charge in [-0.25, -0.2) is 0 Å². The summed E-state index contributed by atoms with van der Waals surface area (Å²) in [7, 11) is 1.95. The number of likely N-dealkylation sites (tertiary alicyclic amines) is 2. The zero-order valence-corrected chi connectivity index (χ0v) is 12.6. The van der Waals surface area contributed by atoms with Gasteiger partial charge in [0.15, 0.2) is 0 Å². The Kier molecular flexibility index (Phi) is 5.83. The molecule has 20 heavy (non-hydrogen) atoms. The Morgan fingerprint density at radius 2 is 2.05 bits per heavy atom. The minimum Gasteiger partial charge on any atom is -0.341 e. The lowest BCUT2D eigenvalue weighted by Gasteiger charge is -2.26. The van der Waals surface area contributed by atoms with Gasteiger partial charge in [0, 0.05) is 26.1 Å². The predicted octanol–water partition coefficient (Wildman–Crippen LogP) is 0.847. The molecule has 2 aliphatic heterocycles. The normalized spacial score (nSPS) is 24.6. The Bertz CT molecular complexity index is 346. The second-order valence-corrected chi connectivity index (χ2v) is 6.03. The average molecular weight is 281 g/mol. The molecule has 0 unspecified atom stereocenters. The van der Waals surface area contributed by atoms with E-state index in [1.54, 1.807) is 4.90 Å². The zero-order chi connectivity index (χ0) is 14.4. The number of nitrogens with one attached hydrogen (secondary N) is 1. The van der Waals surface area contributed by atoms with Crippen LogP contribution in [0.1, 0.15) is 38.5 Å². The molecule has 0 aliphatic carbocycles. The molecular weight excluding hydrogens is 254 g/mol. The third-order valence-corrected chi connectivity index (χ3v) is 4.38. The number of carbonyl (C=O) groups excluding carboxylic acids is 2. The van der Waals surface area contributed by atoms with Gasteiger partial charge < -0.3 is 15.1 Å². The molecule has 2 saturated heterocycles. The predicted molar refractivity (Wildman–Crippen MR) is 78.3 cm³/mol. The van der Waals surface area contributed by atoms with E-state index in [-0.39, 0.29) is 18.4 Å². The first-order valence-electron chi connectivity index (χ1n) is 7.91. The van der Waals surface area contributed by atoms with E-state index in [2.05, 4.69) is 5.32 Å². The van der Waals surface area contributed by atoms with Crippen molar-refractivity contribution in [3.05, 3.63) is 0 Å². The lowest BCUT2D eigenvalue weighted by Crippen LogP contribution is -2.43. The van der Waals surface area contributed by atoms with Crippen LogP contribution in [0.4, 0.5) is 0 Å². The van der Waals surface area contributed by atoms with Gasteiger partial charge in [-0.3, -0.25) is 9.59 Å². The van der Waals surface area contributed by atoms with E-state index in [0.717, 1.165) is 51.9 Å². The number of nitrogens with zero attached hydrogens (tertiary/aromatic N) is 2. The van der Waals surface area contributed by atoms with E-state index in [9.17, 15) is 9.59 Å². The van der Waals surface area contributed by atoms with Gasteiger partial charge >= 0.3 is 0 Å². The molecule has 114 valence electrons. The molecule has 2 heterocycles. The van der Waals surface area contributed by atoms with Crippen LogP contribution in [0.2, 0.25) is 0 Å². The van der Waals surface area contributed by atoms with Crippen molar-refractivity contribution in [1.29, 1.82) is 0 Å². The molecule has 0 radical (unpaired) electrons. The third kappa shape index (κ3) is 4.20. The maximum atomic E-state index is 12.3. The quantitative estimate of drug-likeness (QED) is 0.831. The second kappa shape index (κ2) is 7.62. The standard InChI is InChI=1S/C15H27N3O2/c1-16-10-13-7-9-18(11-13)15(20)12-17-8-5-3-2-4-6-14(17)19/h13,16H,2-12H2,1H3/t13-/m1/s1. The van der Waals surface area contributed by atoms with Crippen molar-refractivity contribution in [2.75, 3.05) is 39.8 Å². The fraction of sp³-hybridized carbons (Fsp3) is 0.867. The fourth-order valence-electron chi connectivity index (χ4n) is 3.16. The summed E-state index contributed by atoms with van der Waals surface area (Å²) in [5.74, 6) is 0.841. The summed E-state index contributed by atoms with van der Waals surface area (Å²) in [6, 6.07) is 0. The molecule has 1 atom stereocenters. The van der Waals surface area contributed by atoms with Crippen LogP contribution in [0.15, 0.2) is 0 Å². The summed E-state index contributed by atoms with van der Waals surface area (Å²) in [5.41, 5.74) is 0. The maximum absolute atomic E-state index is 12.3. The largest absolute Gasteiger partial charge is 0.341 e. The fourth-order valence-corrected chi connectivity index (χ4v) is 3.16. The van der Waals surface area contributed by atoms with Crippen molar-refractivity contribution in [3.63, 3.8) is 0 Å². The molecule has 2 fully saturated rings. The van der Waals surface area contributed by atoms with Crippen LogP contribution in [0, 0.1) is 5.92 Å². The van der Waals surface area contributed by atoms with E-state index in [1.807, 2.05) is 11.9 Å². The number of amides is 2. The van der Waals surface area contributed by atoms with Gasteiger partial charge in [-0.05, 0) is 38.8 Å². The first-order valence-corrected chi connectivity index (χ1v) is 7.91. The van der Waals surface area contributed by atoms with E-state index in [0.29, 0.717) is 12.3 Å². The van der Waals surface area contributed by atoms with Crippen LogP contribution in [0.5, 0.6) is 0 Å². The molecular formula is C15H27N3O2. The van der Waals surface area contributed by atoms with Crippen molar-refractivity contribution in [2.24, 2.45) is 5.92 Å². The van der Waals surface area contributed by atoms with Crippen molar-refractivity contribution in [1.82, 2.24) is 15.1 Å². The summed E-state index contributed by atoms with van der Waals surface area (Å²) in [4.78, 5) is 28.0. The Morgan fingerprint density at radius 1 is 1.25 bits per heavy atom. The number of hydrogen-bond donors (Lipinski definition) is 1. The summed E-state index contributed by atoms with van der Waals surface area (Å²) in [6.07, 6.45) is 5.99. The molecule has 1 N–H and O–H groups in total. The minimum atomic E-state index is 0.123. The molecule has 0 spiro atoms. The minimum absolute atomic E-state index is 0.123. The Balaban J connectivity index is 1.82. The highest BCUT2D eigenvalue weighted by Gasteiger charge is 2.27. The lowest BCUT2D eigenvalue weighted by atomic mass is 10.1. The molecule has 2 aliphatic rings. The van der Waals surface area contributed by atoms with Crippen LogP contribution < -0.4 is 5.32 Å². The second-order valence-electron chi connectivity index (χ2n) is 6.03. The van der Waals surface area contributed by atoms with Gasteiger partial charge in [0.1, 0.15) is 0 Å². The molecule has 0 bridgehead atoms. The lowest BCUT2D eigenvalue weighted by molar-refractivity contribution is -0.140.